The van der Waals surface area contributed by atoms with Crippen LogP contribution in [0.25, 0.3) is 32.2 Å². The molecule has 3 aliphatic rings. The van der Waals surface area contributed by atoms with Crippen molar-refractivity contribution >= 4 is 55.0 Å². The lowest BCUT2D eigenvalue weighted by molar-refractivity contribution is 0.107. The second-order valence-corrected chi connectivity index (χ2v) is 13.1. The van der Waals surface area contributed by atoms with Crippen LogP contribution in [0.2, 0.25) is 5.02 Å². The van der Waals surface area contributed by atoms with Crippen LogP contribution in [0, 0.1) is 11.6 Å². The second kappa shape index (κ2) is 10.7. The van der Waals surface area contributed by atoms with E-state index < -0.39 is 23.3 Å². The first kappa shape index (κ1) is 27.9. The summed E-state index contributed by atoms with van der Waals surface area (Å²) in [5, 5.41) is 0.691. The number of nitrogen functional groups attached to an aromatic ring is 1. The van der Waals surface area contributed by atoms with Gasteiger partial charge in [0.25, 0.3) is 0 Å². The first-order valence-corrected chi connectivity index (χ1v) is 15.5. The molecular formula is C29H31ClF3N7OS. The largest absolute Gasteiger partial charge is 0.461 e. The Morgan fingerprint density at radius 3 is 2.81 bits per heavy atom. The Morgan fingerprint density at radius 1 is 1.10 bits per heavy atom. The van der Waals surface area contributed by atoms with E-state index in [0.717, 1.165) is 50.0 Å². The Morgan fingerprint density at radius 2 is 1.95 bits per heavy atom. The fourth-order valence-corrected chi connectivity index (χ4v) is 7.98. The number of hydrogen-bond donors (Lipinski definition) is 2. The van der Waals surface area contributed by atoms with E-state index in [1.165, 1.54) is 12.1 Å². The molecular weight excluding hydrogens is 587 g/mol. The van der Waals surface area contributed by atoms with Gasteiger partial charge in [0.2, 0.25) is 0 Å². The molecule has 5 heterocycles. The van der Waals surface area contributed by atoms with Gasteiger partial charge in [-0.25, -0.2) is 18.2 Å². The molecule has 0 radical (unpaired) electrons. The van der Waals surface area contributed by atoms with Gasteiger partial charge in [0.05, 0.1) is 20.8 Å². The molecule has 13 heteroatoms. The molecule has 222 valence electrons. The maximum absolute atomic E-state index is 16.7. The van der Waals surface area contributed by atoms with Gasteiger partial charge in [-0.2, -0.15) is 9.97 Å². The van der Waals surface area contributed by atoms with Crippen molar-refractivity contribution in [3.05, 3.63) is 34.9 Å². The molecule has 1 unspecified atom stereocenters. The average molecular weight is 618 g/mol. The molecule has 2 aromatic carbocycles. The van der Waals surface area contributed by atoms with Gasteiger partial charge in [-0.3, -0.25) is 4.90 Å². The van der Waals surface area contributed by atoms with Crippen LogP contribution >= 0.6 is 22.9 Å². The number of benzene rings is 2. The molecule has 8 nitrogen and oxygen atoms in total. The molecule has 3 fully saturated rings. The Bertz CT molecular complexity index is 1690. The van der Waals surface area contributed by atoms with Gasteiger partial charge in [-0.05, 0) is 50.4 Å². The molecule has 0 amide bonds. The number of rotatable bonds is 5. The van der Waals surface area contributed by atoms with Crippen LogP contribution in [-0.2, 0) is 0 Å². The molecule has 3 saturated heterocycles. The number of halogens is 4. The highest BCUT2D eigenvalue weighted by molar-refractivity contribution is 7.22. The molecule has 0 bridgehead atoms. The highest BCUT2D eigenvalue weighted by Gasteiger charge is 2.49. The number of ether oxygens (including phenoxy) is 1. The Hall–Kier alpha value is -2.93. The van der Waals surface area contributed by atoms with Crippen molar-refractivity contribution in [2.75, 3.05) is 43.4 Å². The Kier molecular flexibility index (Phi) is 7.07. The zero-order valence-corrected chi connectivity index (χ0v) is 24.5. The summed E-state index contributed by atoms with van der Waals surface area (Å²) >= 11 is 7.75. The summed E-state index contributed by atoms with van der Waals surface area (Å²) in [6.45, 7) is 2.63. The lowest BCUT2D eigenvalue weighted by atomic mass is 9.95. The van der Waals surface area contributed by atoms with Gasteiger partial charge in [0.1, 0.15) is 29.9 Å². The van der Waals surface area contributed by atoms with Crippen molar-refractivity contribution in [1.29, 1.82) is 0 Å². The Balaban J connectivity index is 1.37. The van der Waals surface area contributed by atoms with E-state index >= 15 is 4.39 Å². The van der Waals surface area contributed by atoms with Crippen molar-refractivity contribution in [2.24, 2.45) is 5.73 Å². The molecule has 2 aromatic heterocycles. The molecule has 4 aromatic rings. The van der Waals surface area contributed by atoms with Crippen LogP contribution in [0.15, 0.2) is 18.2 Å². The maximum atomic E-state index is 16.7. The normalized spacial score (nSPS) is 24.9. The molecule has 7 rings (SSSR count). The number of fused-ring (bicyclic) bond motifs is 3. The SMILES string of the molecule is Nc1nc2c(-c3c(Cl)cc4c(N5CCCCC(N)C5)nc(OC[C@@]56CCCN5C[C@H](F)C6)nc4c3F)ccc(F)c2s1. The zero-order valence-electron chi connectivity index (χ0n) is 22.9. The summed E-state index contributed by atoms with van der Waals surface area (Å²) in [5.74, 6) is -0.715. The van der Waals surface area contributed by atoms with E-state index in [1.807, 2.05) is 4.90 Å². The van der Waals surface area contributed by atoms with E-state index in [9.17, 15) is 8.78 Å². The molecule has 4 N–H and O–H groups in total. The minimum Gasteiger partial charge on any atom is -0.461 e. The van der Waals surface area contributed by atoms with E-state index in [1.54, 1.807) is 6.07 Å². The monoisotopic (exact) mass is 617 g/mol. The number of aromatic nitrogens is 3. The minimum atomic E-state index is -0.907. The predicted molar refractivity (Wildman–Crippen MR) is 160 cm³/mol. The van der Waals surface area contributed by atoms with Crippen molar-refractivity contribution in [1.82, 2.24) is 19.9 Å². The predicted octanol–water partition coefficient (Wildman–Crippen LogP) is 5.69. The summed E-state index contributed by atoms with van der Waals surface area (Å²) in [7, 11) is 0. The van der Waals surface area contributed by atoms with E-state index in [2.05, 4.69) is 14.9 Å². The van der Waals surface area contributed by atoms with Crippen LogP contribution in [0.3, 0.4) is 0 Å². The highest BCUT2D eigenvalue weighted by Crippen LogP contribution is 2.44. The molecule has 3 atom stereocenters. The van der Waals surface area contributed by atoms with Crippen molar-refractivity contribution in [3.8, 4) is 17.1 Å². The summed E-state index contributed by atoms with van der Waals surface area (Å²) in [6, 6.07) is 4.27. The smallest absolute Gasteiger partial charge is 0.319 e. The van der Waals surface area contributed by atoms with Crippen LogP contribution < -0.4 is 21.1 Å². The van der Waals surface area contributed by atoms with E-state index in [0.29, 0.717) is 42.8 Å². The average Bonchev–Trinajstić information content (AvgIpc) is 3.56. The third-order valence-electron chi connectivity index (χ3n) is 8.86. The van der Waals surface area contributed by atoms with Crippen LogP contribution in [0.1, 0.15) is 38.5 Å². The topological polar surface area (TPSA) is 106 Å². The van der Waals surface area contributed by atoms with E-state index in [-0.39, 0.29) is 50.1 Å². The lowest BCUT2D eigenvalue weighted by Gasteiger charge is -2.31. The Labute approximate surface area is 249 Å². The van der Waals surface area contributed by atoms with Gasteiger partial charge >= 0.3 is 6.01 Å². The van der Waals surface area contributed by atoms with Gasteiger partial charge in [-0.15, -0.1) is 0 Å². The molecule has 0 spiro atoms. The minimum absolute atomic E-state index is 0.00757. The first-order chi connectivity index (χ1) is 20.2. The van der Waals surface area contributed by atoms with Crippen LogP contribution in [0.4, 0.5) is 24.1 Å². The highest BCUT2D eigenvalue weighted by atomic mass is 35.5. The fraction of sp³-hybridized carbons (Fsp3) is 0.483. The summed E-state index contributed by atoms with van der Waals surface area (Å²) in [4.78, 5) is 17.7. The third kappa shape index (κ3) is 4.72. The van der Waals surface area contributed by atoms with Gasteiger partial charge in [-0.1, -0.05) is 29.4 Å². The van der Waals surface area contributed by atoms with Gasteiger partial charge in [0, 0.05) is 48.6 Å². The van der Waals surface area contributed by atoms with E-state index in [4.69, 9.17) is 32.8 Å². The number of nitrogens with two attached hydrogens (primary N) is 2. The van der Waals surface area contributed by atoms with Gasteiger partial charge in [0.15, 0.2) is 10.9 Å². The standard InChI is InChI=1S/C29H31ClF3N7OS/c30-19-10-18-23(22(33)21(19)17-5-6-20(32)25-24(17)36-27(35)42-25)37-28(38-26(18)39-8-2-1-4-16(34)13-39)41-14-29-7-3-9-40(29)12-15(31)11-29/h5-6,10,15-16H,1-4,7-9,11-14,34H2,(H2,35,36)/t15-,16?,29+/m1/s1. The van der Waals surface area contributed by atoms with Crippen molar-refractivity contribution in [3.63, 3.8) is 0 Å². The molecule has 0 saturated carbocycles. The number of thiazole rings is 1. The second-order valence-electron chi connectivity index (χ2n) is 11.7. The number of nitrogens with zero attached hydrogens (tertiary/aromatic N) is 5. The van der Waals surface area contributed by atoms with Crippen LogP contribution in [-0.4, -0.2) is 70.4 Å². The summed E-state index contributed by atoms with van der Waals surface area (Å²) in [5.41, 5.74) is 12.4. The quantitative estimate of drug-likeness (QED) is 0.294. The maximum Gasteiger partial charge on any atom is 0.319 e. The fourth-order valence-electron chi connectivity index (χ4n) is 6.92. The van der Waals surface area contributed by atoms with Crippen molar-refractivity contribution in [2.45, 2.75) is 56.3 Å². The number of anilines is 2. The van der Waals surface area contributed by atoms with Gasteiger partial charge < -0.3 is 21.1 Å². The third-order valence-corrected chi connectivity index (χ3v) is 10.1. The summed E-state index contributed by atoms with van der Waals surface area (Å²) < 4.78 is 52.0. The summed E-state index contributed by atoms with van der Waals surface area (Å²) in [6.07, 6.45) is 4.02. The zero-order chi connectivity index (χ0) is 29.2. The molecule has 0 aliphatic carbocycles. The first-order valence-electron chi connectivity index (χ1n) is 14.3. The lowest BCUT2D eigenvalue weighted by Crippen LogP contribution is -2.43. The number of alkyl halides is 1. The molecule has 42 heavy (non-hydrogen) atoms. The van der Waals surface area contributed by atoms with Crippen LogP contribution in [0.5, 0.6) is 6.01 Å². The van der Waals surface area contributed by atoms with Crippen molar-refractivity contribution < 1.29 is 17.9 Å². The molecule has 3 aliphatic heterocycles. The number of hydrogen-bond acceptors (Lipinski definition) is 9.